The molecular formula is C16H24N2. The molecule has 0 saturated heterocycles. The number of hydrogen-bond donors (Lipinski definition) is 0. The van der Waals surface area contributed by atoms with Crippen LogP contribution < -0.4 is 0 Å². The predicted octanol–water partition coefficient (Wildman–Crippen LogP) is 2.77. The van der Waals surface area contributed by atoms with Gasteiger partial charge < -0.3 is 4.90 Å². The molecule has 18 heavy (non-hydrogen) atoms. The van der Waals surface area contributed by atoms with Crippen molar-refractivity contribution < 1.29 is 0 Å². The van der Waals surface area contributed by atoms with E-state index in [1.165, 1.54) is 24.9 Å². The third-order valence-corrected chi connectivity index (χ3v) is 3.43. The first-order valence-corrected chi connectivity index (χ1v) is 6.83. The fourth-order valence-electron chi connectivity index (χ4n) is 2.41. The van der Waals surface area contributed by atoms with Crippen LogP contribution in [-0.4, -0.2) is 43.5 Å². The Bertz CT molecular complexity index is 381. The Hall–Kier alpha value is -1.12. The van der Waals surface area contributed by atoms with Crippen LogP contribution >= 0.6 is 0 Å². The molecule has 2 heteroatoms. The van der Waals surface area contributed by atoms with E-state index in [2.05, 4.69) is 60.3 Å². The van der Waals surface area contributed by atoms with Crippen molar-refractivity contribution in [1.29, 1.82) is 0 Å². The minimum absolute atomic E-state index is 1.08. The van der Waals surface area contributed by atoms with Crippen molar-refractivity contribution in [2.45, 2.75) is 19.4 Å². The van der Waals surface area contributed by atoms with E-state index in [4.69, 9.17) is 0 Å². The Kier molecular flexibility index (Phi) is 4.97. The summed E-state index contributed by atoms with van der Waals surface area (Å²) in [5.41, 5.74) is 3.03. The second-order valence-electron chi connectivity index (χ2n) is 5.40. The van der Waals surface area contributed by atoms with Crippen molar-refractivity contribution >= 4 is 0 Å². The lowest BCUT2D eigenvalue weighted by atomic mass is 10.1. The summed E-state index contributed by atoms with van der Waals surface area (Å²) in [5.74, 6) is 0. The van der Waals surface area contributed by atoms with Gasteiger partial charge in [0.05, 0.1) is 0 Å². The molecule has 0 aromatic heterocycles. The summed E-state index contributed by atoms with van der Waals surface area (Å²) in [5, 5.41) is 0. The Labute approximate surface area is 111 Å². The van der Waals surface area contributed by atoms with E-state index in [0.29, 0.717) is 0 Å². The van der Waals surface area contributed by atoms with Gasteiger partial charge >= 0.3 is 0 Å². The molecule has 98 valence electrons. The van der Waals surface area contributed by atoms with Crippen LogP contribution in [0.25, 0.3) is 0 Å². The number of rotatable bonds is 5. The molecule has 1 aromatic rings. The largest absolute Gasteiger partial charge is 0.309 e. The van der Waals surface area contributed by atoms with E-state index in [9.17, 15) is 0 Å². The van der Waals surface area contributed by atoms with E-state index >= 15 is 0 Å². The molecule has 0 saturated carbocycles. The summed E-state index contributed by atoms with van der Waals surface area (Å²) in [7, 11) is 4.29. The molecule has 2 nitrogen and oxygen atoms in total. The first-order valence-electron chi connectivity index (χ1n) is 6.83. The Morgan fingerprint density at radius 1 is 1.17 bits per heavy atom. The molecule has 2 rings (SSSR count). The third-order valence-electron chi connectivity index (χ3n) is 3.43. The van der Waals surface area contributed by atoms with Gasteiger partial charge in [-0.25, -0.2) is 0 Å². The monoisotopic (exact) mass is 244 g/mol. The van der Waals surface area contributed by atoms with Crippen LogP contribution in [0, 0.1) is 0 Å². The Morgan fingerprint density at radius 2 is 1.94 bits per heavy atom. The van der Waals surface area contributed by atoms with Crippen LogP contribution in [0.2, 0.25) is 0 Å². The number of hydrogen-bond acceptors (Lipinski definition) is 2. The smallest absolute Gasteiger partial charge is 0.0237 e. The molecule has 0 N–H and O–H groups in total. The van der Waals surface area contributed by atoms with Crippen molar-refractivity contribution in [1.82, 2.24) is 9.80 Å². The molecule has 1 aromatic carbocycles. The maximum Gasteiger partial charge on any atom is 0.0237 e. The third kappa shape index (κ3) is 4.28. The summed E-state index contributed by atoms with van der Waals surface area (Å²) in [6.07, 6.45) is 4.85. The summed E-state index contributed by atoms with van der Waals surface area (Å²) in [6, 6.07) is 10.8. The minimum Gasteiger partial charge on any atom is -0.309 e. The summed E-state index contributed by atoms with van der Waals surface area (Å²) < 4.78 is 0. The van der Waals surface area contributed by atoms with Crippen molar-refractivity contribution in [3.05, 3.63) is 47.5 Å². The summed E-state index contributed by atoms with van der Waals surface area (Å²) in [4.78, 5) is 4.82. The van der Waals surface area contributed by atoms with Crippen LogP contribution in [0.5, 0.6) is 0 Å². The molecule has 0 fully saturated rings. The van der Waals surface area contributed by atoms with E-state index in [1.54, 1.807) is 5.57 Å². The first kappa shape index (κ1) is 13.3. The maximum atomic E-state index is 2.56. The lowest BCUT2D eigenvalue weighted by Gasteiger charge is -2.28. The second-order valence-corrected chi connectivity index (χ2v) is 5.40. The van der Waals surface area contributed by atoms with E-state index < -0.39 is 0 Å². The topological polar surface area (TPSA) is 6.48 Å². The van der Waals surface area contributed by atoms with Crippen LogP contribution in [0.3, 0.4) is 0 Å². The zero-order valence-electron chi connectivity index (χ0n) is 11.6. The highest BCUT2D eigenvalue weighted by Crippen LogP contribution is 2.15. The highest BCUT2D eigenvalue weighted by atomic mass is 15.1. The molecule has 0 aliphatic carbocycles. The zero-order chi connectivity index (χ0) is 12.8. The van der Waals surface area contributed by atoms with Crippen molar-refractivity contribution in [3.63, 3.8) is 0 Å². The van der Waals surface area contributed by atoms with Crippen LogP contribution in [0.1, 0.15) is 18.4 Å². The lowest BCUT2D eigenvalue weighted by Crippen LogP contribution is -2.30. The van der Waals surface area contributed by atoms with E-state index in [1.807, 2.05) is 0 Å². The van der Waals surface area contributed by atoms with Gasteiger partial charge in [0, 0.05) is 26.2 Å². The van der Waals surface area contributed by atoms with Gasteiger partial charge in [-0.3, -0.25) is 4.90 Å². The maximum absolute atomic E-state index is 2.56. The number of benzene rings is 1. The molecule has 0 bridgehead atoms. The molecule has 1 aliphatic heterocycles. The lowest BCUT2D eigenvalue weighted by molar-refractivity contribution is 0.275. The molecular weight excluding hydrogens is 220 g/mol. The average Bonchev–Trinajstić information content (AvgIpc) is 2.38. The standard InChI is InChI=1S/C16H24N2/c1-17(2)12-10-16-9-6-11-18(14-16)13-15-7-4-3-5-8-15/h3-5,7-9H,6,10-14H2,1-2H3. The summed E-state index contributed by atoms with van der Waals surface area (Å²) >= 11 is 0. The Morgan fingerprint density at radius 3 is 2.67 bits per heavy atom. The van der Waals surface area contributed by atoms with Gasteiger partial charge in [0.25, 0.3) is 0 Å². The molecule has 1 aliphatic rings. The Balaban J connectivity index is 1.84. The zero-order valence-corrected chi connectivity index (χ0v) is 11.6. The van der Waals surface area contributed by atoms with E-state index in [0.717, 1.165) is 19.6 Å². The van der Waals surface area contributed by atoms with Crippen LogP contribution in [0.15, 0.2) is 42.0 Å². The highest BCUT2D eigenvalue weighted by molar-refractivity contribution is 5.16. The van der Waals surface area contributed by atoms with Gasteiger partial charge in [-0.05, 0) is 32.5 Å². The van der Waals surface area contributed by atoms with E-state index in [-0.39, 0.29) is 0 Å². The molecule has 0 spiro atoms. The average molecular weight is 244 g/mol. The second kappa shape index (κ2) is 6.72. The quantitative estimate of drug-likeness (QED) is 0.735. The fraction of sp³-hybridized carbons (Fsp3) is 0.500. The summed E-state index contributed by atoms with van der Waals surface area (Å²) in [6.45, 7) is 4.58. The predicted molar refractivity (Wildman–Crippen MR) is 77.6 cm³/mol. The fourth-order valence-corrected chi connectivity index (χ4v) is 2.41. The molecule has 0 unspecified atom stereocenters. The number of nitrogens with zero attached hydrogens (tertiary/aromatic N) is 2. The van der Waals surface area contributed by atoms with Gasteiger partial charge in [0.1, 0.15) is 0 Å². The van der Waals surface area contributed by atoms with Crippen molar-refractivity contribution in [2.24, 2.45) is 0 Å². The van der Waals surface area contributed by atoms with Gasteiger partial charge in [-0.15, -0.1) is 0 Å². The normalized spacial score (nSPS) is 16.9. The minimum atomic E-state index is 1.08. The van der Waals surface area contributed by atoms with Crippen LogP contribution in [-0.2, 0) is 6.54 Å². The van der Waals surface area contributed by atoms with Gasteiger partial charge in [-0.2, -0.15) is 0 Å². The van der Waals surface area contributed by atoms with Gasteiger partial charge in [-0.1, -0.05) is 42.0 Å². The molecule has 0 radical (unpaired) electrons. The SMILES string of the molecule is CN(C)CCC1=CCCN(Cc2ccccc2)C1. The first-order chi connectivity index (χ1) is 8.74. The molecule has 0 amide bonds. The molecule has 0 atom stereocenters. The van der Waals surface area contributed by atoms with Gasteiger partial charge in [0.15, 0.2) is 0 Å². The van der Waals surface area contributed by atoms with Crippen LogP contribution in [0.4, 0.5) is 0 Å². The highest BCUT2D eigenvalue weighted by Gasteiger charge is 2.12. The van der Waals surface area contributed by atoms with Gasteiger partial charge in [0.2, 0.25) is 0 Å². The van der Waals surface area contributed by atoms with Crippen molar-refractivity contribution in [3.8, 4) is 0 Å². The molecule has 1 heterocycles. The van der Waals surface area contributed by atoms with Crippen molar-refractivity contribution in [2.75, 3.05) is 33.7 Å².